The third-order valence-electron chi connectivity index (χ3n) is 4.83. The summed E-state index contributed by atoms with van der Waals surface area (Å²) in [4.78, 5) is 27.7. The Bertz CT molecular complexity index is 932. The Labute approximate surface area is 206 Å². The molecule has 32 heavy (non-hydrogen) atoms. The molecule has 174 valence electrons. The molecular weight excluding hydrogens is 463 g/mol. The summed E-state index contributed by atoms with van der Waals surface area (Å²) in [5, 5.41) is 3.91. The molecule has 7 heteroatoms. The third-order valence-corrected chi connectivity index (χ3v) is 6.53. The van der Waals surface area contributed by atoms with E-state index >= 15 is 0 Å². The van der Waals surface area contributed by atoms with Gasteiger partial charge >= 0.3 is 0 Å². The lowest BCUT2D eigenvalue weighted by molar-refractivity contribution is -0.139. The van der Waals surface area contributed by atoms with Crippen molar-refractivity contribution in [2.75, 3.05) is 5.75 Å². The number of rotatable bonds is 8. The molecule has 0 fully saturated rings. The highest BCUT2D eigenvalue weighted by Crippen LogP contribution is 2.27. The summed E-state index contributed by atoms with van der Waals surface area (Å²) >= 11 is 14.2. The standard InChI is InChI=1S/C25H32Cl2N2O2S/c1-16-10-17(2)12-19(11-16)14-32-15-23(30)29(18(3)24(31)28-25(4,5)6)13-20-21(26)8-7-9-22(20)27/h7-12,18H,13-15H2,1-6H3,(H,28,31)/t18-/m1/s1. The summed E-state index contributed by atoms with van der Waals surface area (Å²) in [5.41, 5.74) is 3.82. The van der Waals surface area contributed by atoms with E-state index in [1.807, 2.05) is 20.8 Å². The van der Waals surface area contributed by atoms with E-state index < -0.39 is 11.6 Å². The number of halogens is 2. The molecule has 2 aromatic rings. The van der Waals surface area contributed by atoms with E-state index in [0.717, 1.165) is 5.75 Å². The van der Waals surface area contributed by atoms with Crippen molar-refractivity contribution in [1.29, 1.82) is 0 Å². The molecule has 1 atom stereocenters. The van der Waals surface area contributed by atoms with Crippen molar-refractivity contribution in [3.05, 3.63) is 68.7 Å². The van der Waals surface area contributed by atoms with Crippen molar-refractivity contribution in [1.82, 2.24) is 10.2 Å². The molecule has 0 saturated heterocycles. The second kappa shape index (κ2) is 11.4. The maximum Gasteiger partial charge on any atom is 0.242 e. The molecule has 2 amide bonds. The van der Waals surface area contributed by atoms with Crippen LogP contribution in [0.1, 0.15) is 49.9 Å². The van der Waals surface area contributed by atoms with Crippen LogP contribution in [0, 0.1) is 13.8 Å². The Morgan fingerprint density at radius 1 is 1.06 bits per heavy atom. The zero-order valence-electron chi connectivity index (χ0n) is 19.6. The molecule has 0 aliphatic rings. The molecule has 0 bridgehead atoms. The number of carbonyl (C=O) groups is 2. The van der Waals surface area contributed by atoms with Gasteiger partial charge in [-0.3, -0.25) is 9.59 Å². The molecule has 0 spiro atoms. The fourth-order valence-corrected chi connectivity index (χ4v) is 4.76. The number of benzene rings is 2. The van der Waals surface area contributed by atoms with Crippen LogP contribution in [0.25, 0.3) is 0 Å². The SMILES string of the molecule is Cc1cc(C)cc(CSCC(=O)N(Cc2c(Cl)cccc2Cl)[C@H](C)C(=O)NC(C)(C)C)c1. The minimum absolute atomic E-state index is 0.132. The molecule has 0 unspecified atom stereocenters. The lowest BCUT2D eigenvalue weighted by atomic mass is 10.1. The van der Waals surface area contributed by atoms with E-state index in [9.17, 15) is 9.59 Å². The summed E-state index contributed by atoms with van der Waals surface area (Å²) in [6, 6.07) is 11.0. The average Bonchev–Trinajstić information content (AvgIpc) is 2.65. The van der Waals surface area contributed by atoms with Gasteiger partial charge in [-0.25, -0.2) is 0 Å². The first-order chi connectivity index (χ1) is 14.9. The van der Waals surface area contributed by atoms with Crippen molar-refractivity contribution in [2.24, 2.45) is 0 Å². The Morgan fingerprint density at radius 3 is 2.16 bits per heavy atom. The van der Waals surface area contributed by atoms with E-state index in [4.69, 9.17) is 23.2 Å². The maximum absolute atomic E-state index is 13.2. The lowest BCUT2D eigenvalue weighted by Crippen LogP contribution is -2.52. The van der Waals surface area contributed by atoms with Crippen molar-refractivity contribution < 1.29 is 9.59 Å². The first-order valence-corrected chi connectivity index (χ1v) is 12.5. The number of hydrogen-bond acceptors (Lipinski definition) is 3. The monoisotopic (exact) mass is 494 g/mol. The number of aryl methyl sites for hydroxylation is 2. The minimum atomic E-state index is -0.670. The molecule has 0 heterocycles. The Morgan fingerprint density at radius 2 is 1.62 bits per heavy atom. The van der Waals surface area contributed by atoms with Crippen LogP contribution in [0.15, 0.2) is 36.4 Å². The second-order valence-corrected chi connectivity index (χ2v) is 10.9. The summed E-state index contributed by atoms with van der Waals surface area (Å²) in [6.45, 7) is 11.8. The van der Waals surface area contributed by atoms with Gasteiger partial charge in [-0.1, -0.05) is 58.6 Å². The quantitative estimate of drug-likeness (QED) is 0.476. The van der Waals surface area contributed by atoms with Gasteiger partial charge in [0.25, 0.3) is 0 Å². The predicted octanol–water partition coefficient (Wildman–Crippen LogP) is 6.18. The van der Waals surface area contributed by atoms with Gasteiger partial charge in [0.05, 0.1) is 5.75 Å². The second-order valence-electron chi connectivity index (χ2n) is 9.13. The zero-order valence-corrected chi connectivity index (χ0v) is 21.9. The first-order valence-electron chi connectivity index (χ1n) is 10.6. The molecule has 4 nitrogen and oxygen atoms in total. The van der Waals surface area contributed by atoms with Crippen LogP contribution in [0.5, 0.6) is 0 Å². The van der Waals surface area contributed by atoms with E-state index in [1.54, 1.807) is 30.0 Å². The Balaban J connectivity index is 2.18. The van der Waals surface area contributed by atoms with Gasteiger partial charge < -0.3 is 10.2 Å². The van der Waals surface area contributed by atoms with Crippen LogP contribution in [-0.2, 0) is 21.9 Å². The van der Waals surface area contributed by atoms with Gasteiger partial charge in [0, 0.05) is 33.4 Å². The number of thioether (sulfide) groups is 1. The molecule has 0 aliphatic carbocycles. The van der Waals surface area contributed by atoms with Gasteiger partial charge in [-0.05, 0) is 59.2 Å². The molecule has 0 saturated carbocycles. The molecular formula is C25H32Cl2N2O2S. The Hall–Kier alpha value is -1.69. The van der Waals surface area contributed by atoms with Gasteiger partial charge in [-0.2, -0.15) is 0 Å². The average molecular weight is 496 g/mol. The molecule has 2 aromatic carbocycles. The number of amides is 2. The van der Waals surface area contributed by atoms with Crippen LogP contribution >= 0.6 is 35.0 Å². The van der Waals surface area contributed by atoms with Crippen molar-refractivity contribution in [3.8, 4) is 0 Å². The normalized spacial score (nSPS) is 12.4. The molecule has 0 aromatic heterocycles. The highest BCUT2D eigenvalue weighted by Gasteiger charge is 2.29. The summed E-state index contributed by atoms with van der Waals surface area (Å²) in [5.74, 6) is 0.625. The van der Waals surface area contributed by atoms with Gasteiger partial charge in [0.15, 0.2) is 0 Å². The number of nitrogens with one attached hydrogen (secondary N) is 1. The predicted molar refractivity (Wildman–Crippen MR) is 136 cm³/mol. The number of hydrogen-bond donors (Lipinski definition) is 1. The van der Waals surface area contributed by atoms with Crippen LogP contribution < -0.4 is 5.32 Å². The summed E-state index contributed by atoms with van der Waals surface area (Å²) in [6.07, 6.45) is 0. The Kier molecular flexibility index (Phi) is 9.50. The summed E-state index contributed by atoms with van der Waals surface area (Å²) < 4.78 is 0. The van der Waals surface area contributed by atoms with E-state index in [1.165, 1.54) is 28.5 Å². The van der Waals surface area contributed by atoms with Crippen LogP contribution in [0.2, 0.25) is 10.0 Å². The highest BCUT2D eigenvalue weighted by atomic mass is 35.5. The molecule has 0 aliphatic heterocycles. The van der Waals surface area contributed by atoms with E-state index in [-0.39, 0.29) is 24.1 Å². The fourth-order valence-electron chi connectivity index (χ4n) is 3.40. The smallest absolute Gasteiger partial charge is 0.242 e. The number of carbonyl (C=O) groups excluding carboxylic acids is 2. The largest absolute Gasteiger partial charge is 0.350 e. The fraction of sp³-hybridized carbons (Fsp3) is 0.440. The van der Waals surface area contributed by atoms with Crippen molar-refractivity contribution in [2.45, 2.75) is 65.4 Å². The topological polar surface area (TPSA) is 49.4 Å². The third kappa shape index (κ3) is 8.02. The van der Waals surface area contributed by atoms with Gasteiger partial charge in [0.2, 0.25) is 11.8 Å². The first kappa shape index (κ1) is 26.6. The maximum atomic E-state index is 13.2. The highest BCUT2D eigenvalue weighted by molar-refractivity contribution is 7.99. The van der Waals surface area contributed by atoms with E-state index in [2.05, 4.69) is 37.4 Å². The van der Waals surface area contributed by atoms with Crippen LogP contribution in [0.4, 0.5) is 0 Å². The van der Waals surface area contributed by atoms with Crippen molar-refractivity contribution in [3.63, 3.8) is 0 Å². The van der Waals surface area contributed by atoms with Gasteiger partial charge in [0.1, 0.15) is 6.04 Å². The number of nitrogens with zero attached hydrogens (tertiary/aromatic N) is 1. The minimum Gasteiger partial charge on any atom is -0.350 e. The van der Waals surface area contributed by atoms with Crippen LogP contribution in [-0.4, -0.2) is 34.0 Å². The zero-order chi connectivity index (χ0) is 24.1. The lowest BCUT2D eigenvalue weighted by Gasteiger charge is -2.32. The molecule has 2 rings (SSSR count). The summed E-state index contributed by atoms with van der Waals surface area (Å²) in [7, 11) is 0. The van der Waals surface area contributed by atoms with Crippen LogP contribution in [0.3, 0.4) is 0 Å². The molecule has 0 radical (unpaired) electrons. The van der Waals surface area contributed by atoms with E-state index in [0.29, 0.717) is 15.6 Å². The van der Waals surface area contributed by atoms with Gasteiger partial charge in [-0.15, -0.1) is 11.8 Å². The molecule has 1 N–H and O–H groups in total. The van der Waals surface area contributed by atoms with Crippen molar-refractivity contribution >= 4 is 46.8 Å².